The molecule has 0 bridgehead atoms. The Balaban J connectivity index is 2.42. The highest BCUT2D eigenvalue weighted by molar-refractivity contribution is 7.92. The second kappa shape index (κ2) is 4.89. The first-order valence-corrected chi connectivity index (χ1v) is 8.23. The monoisotopic (exact) mass is 283 g/mol. The fraction of sp³-hybridized carbons (Fsp3) is 0.571. The molecule has 0 radical (unpaired) electrons. The van der Waals surface area contributed by atoms with Gasteiger partial charge in [0.1, 0.15) is 0 Å². The average Bonchev–Trinajstić information content (AvgIpc) is 3.10. The predicted octanol–water partition coefficient (Wildman–Crippen LogP) is 0.833. The Kier molecular flexibility index (Phi) is 3.73. The number of aliphatic hydroxyl groups excluding tert-OH is 1. The third-order valence-electron chi connectivity index (χ3n) is 4.28. The molecule has 1 fully saturated rings. The molecule has 0 aliphatic heterocycles. The molecule has 1 aromatic rings. The van der Waals surface area contributed by atoms with E-state index in [9.17, 15) is 13.5 Å². The van der Waals surface area contributed by atoms with Gasteiger partial charge < -0.3 is 10.8 Å². The summed E-state index contributed by atoms with van der Waals surface area (Å²) in [5.74, 6) is -0.102. The number of sulfone groups is 1. The van der Waals surface area contributed by atoms with E-state index in [0.717, 1.165) is 11.1 Å². The van der Waals surface area contributed by atoms with Crippen molar-refractivity contribution in [2.24, 2.45) is 11.1 Å². The minimum Gasteiger partial charge on any atom is -0.396 e. The molecular formula is C14H21NO3S. The molecule has 1 aromatic carbocycles. The lowest BCUT2D eigenvalue weighted by Gasteiger charge is -2.11. The Morgan fingerprint density at radius 3 is 2.32 bits per heavy atom. The highest BCUT2D eigenvalue weighted by Gasteiger charge is 2.69. The van der Waals surface area contributed by atoms with Gasteiger partial charge >= 0.3 is 0 Å². The van der Waals surface area contributed by atoms with E-state index in [1.807, 2.05) is 31.2 Å². The van der Waals surface area contributed by atoms with Gasteiger partial charge in [-0.25, -0.2) is 8.42 Å². The molecule has 4 nitrogen and oxygen atoms in total. The van der Waals surface area contributed by atoms with Gasteiger partial charge in [-0.3, -0.25) is 0 Å². The molecule has 1 aliphatic carbocycles. The van der Waals surface area contributed by atoms with Crippen molar-refractivity contribution in [3.63, 3.8) is 0 Å². The third-order valence-corrected chi connectivity index (χ3v) is 6.60. The first-order chi connectivity index (χ1) is 8.93. The lowest BCUT2D eigenvalue weighted by Crippen LogP contribution is -2.28. The van der Waals surface area contributed by atoms with Crippen LogP contribution in [0.5, 0.6) is 0 Å². The van der Waals surface area contributed by atoms with Crippen molar-refractivity contribution in [3.8, 4) is 0 Å². The van der Waals surface area contributed by atoms with Crippen molar-refractivity contribution < 1.29 is 13.5 Å². The normalized spacial score (nSPS) is 30.3. The zero-order valence-corrected chi connectivity index (χ0v) is 12.2. The van der Waals surface area contributed by atoms with E-state index in [0.29, 0.717) is 0 Å². The maximum atomic E-state index is 12.2. The van der Waals surface area contributed by atoms with E-state index in [1.165, 1.54) is 0 Å². The number of aliphatic hydroxyl groups is 1. The Hall–Kier alpha value is -0.910. The molecule has 0 amide bonds. The number of nitrogens with two attached hydrogens (primary N) is 1. The van der Waals surface area contributed by atoms with Crippen LogP contribution in [-0.2, 0) is 9.84 Å². The lowest BCUT2D eigenvalue weighted by molar-refractivity contribution is 0.212. The summed E-state index contributed by atoms with van der Waals surface area (Å²) in [6.07, 6.45) is 0. The van der Waals surface area contributed by atoms with Gasteiger partial charge in [-0.15, -0.1) is 0 Å². The molecule has 106 valence electrons. The molecule has 5 heteroatoms. The number of aryl methyl sites for hydroxylation is 1. The largest absolute Gasteiger partial charge is 0.396 e. The van der Waals surface area contributed by atoms with Crippen molar-refractivity contribution in [2.45, 2.75) is 25.0 Å². The van der Waals surface area contributed by atoms with E-state index >= 15 is 0 Å². The van der Waals surface area contributed by atoms with E-state index in [-0.39, 0.29) is 24.8 Å². The van der Waals surface area contributed by atoms with Crippen LogP contribution in [0.25, 0.3) is 0 Å². The van der Waals surface area contributed by atoms with Crippen molar-refractivity contribution >= 4 is 9.84 Å². The van der Waals surface area contributed by atoms with Gasteiger partial charge in [0.2, 0.25) is 0 Å². The average molecular weight is 283 g/mol. The second-order valence-electron chi connectivity index (χ2n) is 5.36. The lowest BCUT2D eigenvalue weighted by atomic mass is 9.99. The smallest absolute Gasteiger partial charge is 0.154 e. The molecule has 0 saturated heterocycles. The first kappa shape index (κ1) is 14.5. The summed E-state index contributed by atoms with van der Waals surface area (Å²) in [7, 11) is -3.20. The van der Waals surface area contributed by atoms with Crippen molar-refractivity contribution in [2.75, 3.05) is 18.9 Å². The van der Waals surface area contributed by atoms with Gasteiger partial charge in [-0.1, -0.05) is 36.8 Å². The van der Waals surface area contributed by atoms with Crippen LogP contribution >= 0.6 is 0 Å². The molecular weight excluding hydrogens is 262 g/mol. The van der Waals surface area contributed by atoms with Gasteiger partial charge in [0.25, 0.3) is 0 Å². The predicted molar refractivity (Wildman–Crippen MR) is 75.7 cm³/mol. The standard InChI is InChI=1S/C14H21NO3S/c1-3-19(17,18)13-12(14(13,8-15)9-16)11-6-4-10(2)5-7-11/h4-7,12-13,16H,3,8-9,15H2,1-2H3/t12-,13+,14+/m0/s1. The number of hydrogen-bond acceptors (Lipinski definition) is 4. The summed E-state index contributed by atoms with van der Waals surface area (Å²) >= 11 is 0. The van der Waals surface area contributed by atoms with Crippen LogP contribution in [-0.4, -0.2) is 37.7 Å². The summed E-state index contributed by atoms with van der Waals surface area (Å²) in [6, 6.07) is 7.79. The van der Waals surface area contributed by atoms with Crippen LogP contribution in [0.15, 0.2) is 24.3 Å². The highest BCUT2D eigenvalue weighted by Crippen LogP contribution is 2.62. The van der Waals surface area contributed by atoms with E-state index in [1.54, 1.807) is 6.92 Å². The zero-order valence-electron chi connectivity index (χ0n) is 11.3. The molecule has 1 saturated carbocycles. The minimum absolute atomic E-state index is 0.0851. The van der Waals surface area contributed by atoms with Crippen molar-refractivity contribution in [3.05, 3.63) is 35.4 Å². The SMILES string of the molecule is CCS(=O)(=O)[C@@H]1[C@H](c2ccc(C)cc2)[C@@]1(CN)CO. The topological polar surface area (TPSA) is 80.4 Å². The van der Waals surface area contributed by atoms with Crippen LogP contribution in [0, 0.1) is 12.3 Å². The number of benzene rings is 1. The Morgan fingerprint density at radius 2 is 1.89 bits per heavy atom. The molecule has 3 N–H and O–H groups in total. The maximum absolute atomic E-state index is 12.2. The van der Waals surface area contributed by atoms with Gasteiger partial charge in [0, 0.05) is 23.6 Å². The molecule has 1 aliphatic rings. The van der Waals surface area contributed by atoms with Crippen LogP contribution < -0.4 is 5.73 Å². The minimum atomic E-state index is -3.20. The van der Waals surface area contributed by atoms with Gasteiger partial charge in [-0.2, -0.15) is 0 Å². The van der Waals surface area contributed by atoms with Crippen LogP contribution in [0.1, 0.15) is 24.0 Å². The fourth-order valence-corrected chi connectivity index (χ4v) is 5.13. The molecule has 0 aromatic heterocycles. The van der Waals surface area contributed by atoms with Crippen molar-refractivity contribution in [1.82, 2.24) is 0 Å². The summed E-state index contributed by atoms with van der Waals surface area (Å²) in [5, 5.41) is 9.07. The van der Waals surface area contributed by atoms with E-state index in [4.69, 9.17) is 5.73 Å². The van der Waals surface area contributed by atoms with Crippen LogP contribution in [0.2, 0.25) is 0 Å². The zero-order chi connectivity index (χ0) is 14.3. The van der Waals surface area contributed by atoms with Gasteiger partial charge in [-0.05, 0) is 12.5 Å². The quantitative estimate of drug-likeness (QED) is 0.839. The molecule has 19 heavy (non-hydrogen) atoms. The van der Waals surface area contributed by atoms with Gasteiger partial charge in [0.15, 0.2) is 9.84 Å². The molecule has 2 rings (SSSR count). The highest BCUT2D eigenvalue weighted by atomic mass is 32.2. The fourth-order valence-electron chi connectivity index (χ4n) is 2.97. The third kappa shape index (κ3) is 2.20. The van der Waals surface area contributed by atoms with Crippen molar-refractivity contribution in [1.29, 1.82) is 0 Å². The Bertz CT molecular complexity index is 547. The summed E-state index contributed by atoms with van der Waals surface area (Å²) in [5.41, 5.74) is 7.13. The van der Waals surface area contributed by atoms with E-state index < -0.39 is 20.5 Å². The van der Waals surface area contributed by atoms with E-state index in [2.05, 4.69) is 0 Å². The Morgan fingerprint density at radius 1 is 1.32 bits per heavy atom. The maximum Gasteiger partial charge on any atom is 0.154 e. The summed E-state index contributed by atoms with van der Waals surface area (Å²) < 4.78 is 24.4. The Labute approximate surface area is 114 Å². The molecule has 0 heterocycles. The number of rotatable bonds is 5. The second-order valence-corrected chi connectivity index (χ2v) is 7.77. The first-order valence-electron chi connectivity index (χ1n) is 6.52. The van der Waals surface area contributed by atoms with Crippen LogP contribution in [0.4, 0.5) is 0 Å². The van der Waals surface area contributed by atoms with Gasteiger partial charge in [0.05, 0.1) is 11.9 Å². The molecule has 0 unspecified atom stereocenters. The number of hydrogen-bond donors (Lipinski definition) is 2. The summed E-state index contributed by atoms with van der Waals surface area (Å²) in [6.45, 7) is 3.62. The summed E-state index contributed by atoms with van der Waals surface area (Å²) in [4.78, 5) is 0. The molecule has 3 atom stereocenters. The molecule has 0 spiro atoms. The van der Waals surface area contributed by atoms with Crippen LogP contribution in [0.3, 0.4) is 0 Å².